The van der Waals surface area contributed by atoms with Crippen molar-refractivity contribution in [2.75, 3.05) is 6.26 Å². The molecule has 0 atom stereocenters. The zero-order valence-electron chi connectivity index (χ0n) is 3.97. The average molecular weight is 146 g/mol. The van der Waals surface area contributed by atoms with E-state index in [4.69, 9.17) is 0 Å². The molecule has 0 fully saturated rings. The van der Waals surface area contributed by atoms with Crippen LogP contribution in [0, 0.1) is 0 Å². The van der Waals surface area contributed by atoms with Crippen LogP contribution in [0.4, 0.5) is 8.78 Å². The fraction of sp³-hybridized carbons (Fsp3) is 1.00. The maximum absolute atomic E-state index is 11.0. The molecular formula is C2H4F2O3S-2. The lowest BCUT2D eigenvalue weighted by Gasteiger charge is -2.50. The predicted molar refractivity (Wildman–Crippen MR) is 21.6 cm³/mol. The third kappa shape index (κ3) is 2.29. The molecular weight excluding hydrogens is 142 g/mol. The molecule has 0 spiro atoms. The molecule has 0 bridgehead atoms. The van der Waals surface area contributed by atoms with E-state index in [0.717, 1.165) is 0 Å². The molecule has 0 aliphatic rings. The Morgan fingerprint density at radius 2 is 1.62 bits per heavy atom. The van der Waals surface area contributed by atoms with Crippen molar-refractivity contribution in [2.45, 2.75) is 5.76 Å². The summed E-state index contributed by atoms with van der Waals surface area (Å²) in [5, 5.41) is 0. The lowest BCUT2D eigenvalue weighted by atomic mass is 11.7. The van der Waals surface area contributed by atoms with Crippen LogP contribution in [-0.4, -0.2) is 25.3 Å². The first-order chi connectivity index (χ1) is 3.20. The summed E-state index contributed by atoms with van der Waals surface area (Å²) in [6, 6.07) is 0. The number of hydrogen-bond acceptors (Lipinski definition) is 3. The molecule has 3 nitrogen and oxygen atoms in total. The number of rotatable bonds is 1. The first-order valence-electron chi connectivity index (χ1n) is 1.58. The Bertz CT molecular complexity index is 136. The minimum atomic E-state index is -6.05. The minimum absolute atomic E-state index is 0.0259. The van der Waals surface area contributed by atoms with Gasteiger partial charge in [-0.2, -0.15) is 18.4 Å². The summed E-state index contributed by atoms with van der Waals surface area (Å²) in [7, 11) is -6.05. The van der Waals surface area contributed by atoms with E-state index in [1.807, 2.05) is 0 Å². The molecule has 8 heavy (non-hydrogen) atoms. The Morgan fingerprint density at radius 3 is 1.62 bits per heavy atom. The first-order valence-corrected chi connectivity index (χ1v) is 3.87. The van der Waals surface area contributed by atoms with Crippen molar-refractivity contribution in [3.05, 3.63) is 0 Å². The summed E-state index contributed by atoms with van der Waals surface area (Å²) in [6.07, 6.45) is -0.0259. The zero-order valence-corrected chi connectivity index (χ0v) is 4.78. The number of hydrogen-bond donors (Lipinski definition) is 0. The number of alkyl halides is 2. The van der Waals surface area contributed by atoms with Crippen molar-refractivity contribution in [3.8, 4) is 0 Å². The van der Waals surface area contributed by atoms with E-state index >= 15 is 0 Å². The lowest BCUT2D eigenvalue weighted by Crippen LogP contribution is -2.37. The van der Waals surface area contributed by atoms with Crippen LogP contribution in [0.1, 0.15) is 0 Å². The van der Waals surface area contributed by atoms with Crippen molar-refractivity contribution in [1.82, 2.24) is 0 Å². The second kappa shape index (κ2) is 1.46. The fourth-order valence-corrected chi connectivity index (χ4v) is 0. The first kappa shape index (κ1) is 7.93. The smallest absolute Gasteiger partial charge is 0.272 e. The summed E-state index contributed by atoms with van der Waals surface area (Å²) in [5.41, 5.74) is 0. The second-order valence-electron chi connectivity index (χ2n) is 1.49. The summed E-state index contributed by atoms with van der Waals surface area (Å²) in [4.78, 5) is 0. The van der Waals surface area contributed by atoms with Gasteiger partial charge in [-0.05, 0) is 6.26 Å². The molecule has 52 valence electrons. The third-order valence-corrected chi connectivity index (χ3v) is 1.19. The molecule has 0 saturated heterocycles. The van der Waals surface area contributed by atoms with E-state index in [1.165, 1.54) is 0 Å². The molecule has 0 radical (unpaired) electrons. The zero-order chi connectivity index (χ0) is 7.02. The van der Waals surface area contributed by atoms with Gasteiger partial charge in [0.1, 0.15) is 0 Å². The maximum atomic E-state index is 11.0. The molecule has 0 aromatic carbocycles. The van der Waals surface area contributed by atoms with E-state index in [1.54, 1.807) is 0 Å². The van der Waals surface area contributed by atoms with E-state index < -0.39 is 15.4 Å². The van der Waals surface area contributed by atoms with Gasteiger partial charge in [-0.3, -0.25) is 0 Å². The highest BCUT2D eigenvalue weighted by Crippen LogP contribution is 2.20. The van der Waals surface area contributed by atoms with Crippen LogP contribution in [0.2, 0.25) is 0 Å². The van der Waals surface area contributed by atoms with E-state index in [-0.39, 0.29) is 6.26 Å². The maximum Gasteiger partial charge on any atom is 0.272 e. The predicted octanol–water partition coefficient (Wildman–Crippen LogP) is -0.0803. The SMILES string of the molecule is CS(=O)([O-])([O-])C(F)F. The standard InChI is InChI=1S/C2H6F2O3S/c1-8(5,6,7)2(3)4/h2H,1H3,(H2,5,6,7)/p-2. The third-order valence-electron chi connectivity index (χ3n) is 0.396. The summed E-state index contributed by atoms with van der Waals surface area (Å²) in [5.74, 6) is -3.81. The Hall–Kier alpha value is -0.0700. The average Bonchev–Trinajstić information content (AvgIpc) is 1.27. The molecule has 0 aromatic rings. The molecule has 0 amide bonds. The van der Waals surface area contributed by atoms with Gasteiger partial charge in [0.2, 0.25) is 0 Å². The molecule has 0 aliphatic carbocycles. The van der Waals surface area contributed by atoms with Crippen LogP contribution in [0.15, 0.2) is 0 Å². The normalized spacial score (nSPS) is 18.0. The summed E-state index contributed by atoms with van der Waals surface area (Å²) < 4.78 is 51.0. The van der Waals surface area contributed by atoms with E-state index in [0.29, 0.717) is 0 Å². The van der Waals surface area contributed by atoms with Gasteiger partial charge in [-0.15, -0.1) is 0 Å². The lowest BCUT2D eigenvalue weighted by molar-refractivity contribution is 0.183. The molecule has 6 heteroatoms. The molecule has 0 heterocycles. The van der Waals surface area contributed by atoms with Crippen LogP contribution in [-0.2, 0) is 9.63 Å². The topological polar surface area (TPSA) is 63.2 Å². The quantitative estimate of drug-likeness (QED) is 0.519. The molecule has 0 saturated carbocycles. The van der Waals surface area contributed by atoms with Gasteiger partial charge in [0.25, 0.3) is 5.76 Å². The fourth-order valence-electron chi connectivity index (χ4n) is 0. The van der Waals surface area contributed by atoms with Gasteiger partial charge in [0.05, 0.1) is 0 Å². The van der Waals surface area contributed by atoms with Gasteiger partial charge in [-0.1, -0.05) is 0 Å². The van der Waals surface area contributed by atoms with Crippen LogP contribution < -0.4 is 0 Å². The van der Waals surface area contributed by atoms with Gasteiger partial charge in [0.15, 0.2) is 0 Å². The Kier molecular flexibility index (Phi) is 1.44. The Labute approximate surface area is 44.8 Å². The van der Waals surface area contributed by atoms with Crippen LogP contribution in [0.5, 0.6) is 0 Å². The van der Waals surface area contributed by atoms with Crippen LogP contribution >= 0.6 is 0 Å². The van der Waals surface area contributed by atoms with Gasteiger partial charge < -0.3 is 13.3 Å². The highest BCUT2D eigenvalue weighted by Gasteiger charge is 2.15. The largest absolute Gasteiger partial charge is 0.795 e. The van der Waals surface area contributed by atoms with Crippen molar-refractivity contribution in [3.63, 3.8) is 0 Å². The van der Waals surface area contributed by atoms with Gasteiger partial charge >= 0.3 is 0 Å². The minimum Gasteiger partial charge on any atom is -0.795 e. The van der Waals surface area contributed by atoms with Crippen LogP contribution in [0.25, 0.3) is 0 Å². The summed E-state index contributed by atoms with van der Waals surface area (Å²) >= 11 is 0. The molecule has 0 N–H and O–H groups in total. The Balaban J connectivity index is 4.40. The highest BCUT2D eigenvalue weighted by molar-refractivity contribution is 8.09. The second-order valence-corrected chi connectivity index (χ2v) is 4.30. The summed E-state index contributed by atoms with van der Waals surface area (Å²) in [6.45, 7) is 0. The van der Waals surface area contributed by atoms with E-state index in [2.05, 4.69) is 0 Å². The number of halogens is 2. The molecule has 0 aromatic heterocycles. The van der Waals surface area contributed by atoms with Crippen molar-refractivity contribution >= 4 is 9.63 Å². The molecule has 0 rings (SSSR count). The monoisotopic (exact) mass is 146 g/mol. The van der Waals surface area contributed by atoms with Crippen molar-refractivity contribution in [1.29, 1.82) is 0 Å². The van der Waals surface area contributed by atoms with Gasteiger partial charge in [0, 0.05) is 0 Å². The Morgan fingerprint density at radius 1 is 1.50 bits per heavy atom. The van der Waals surface area contributed by atoms with E-state index in [9.17, 15) is 22.1 Å². The van der Waals surface area contributed by atoms with Crippen LogP contribution in [0.3, 0.4) is 0 Å². The van der Waals surface area contributed by atoms with Crippen molar-refractivity contribution in [2.24, 2.45) is 0 Å². The number of sulfone groups is 3. The molecule has 0 aliphatic heterocycles. The molecule has 0 unspecified atom stereocenters. The van der Waals surface area contributed by atoms with Gasteiger partial charge in [-0.25, -0.2) is 0 Å². The van der Waals surface area contributed by atoms with Crippen molar-refractivity contribution < 1.29 is 22.1 Å². The highest BCUT2D eigenvalue weighted by atomic mass is 32.3.